The number of hydrogen-bond donors (Lipinski definition) is 1. The molecular weight excluding hydrogens is 250 g/mol. The van der Waals surface area contributed by atoms with E-state index in [0.29, 0.717) is 12.5 Å². The van der Waals surface area contributed by atoms with E-state index in [9.17, 15) is 0 Å². The van der Waals surface area contributed by atoms with Gasteiger partial charge in [-0.2, -0.15) is 0 Å². The lowest BCUT2D eigenvalue weighted by atomic mass is 10.0. The highest BCUT2D eigenvalue weighted by atomic mass is 16.5. The Balaban J connectivity index is 2.28. The summed E-state index contributed by atoms with van der Waals surface area (Å²) in [7, 11) is 0. The highest BCUT2D eigenvalue weighted by Crippen LogP contribution is 2.16. The summed E-state index contributed by atoms with van der Waals surface area (Å²) in [6.07, 6.45) is 7.96. The van der Waals surface area contributed by atoms with Crippen LogP contribution in [0.4, 0.5) is 0 Å². The monoisotopic (exact) mass is 281 g/mol. The van der Waals surface area contributed by atoms with E-state index in [1.165, 1.54) is 31.2 Å². The molecular formula is C17H31NO2. The van der Waals surface area contributed by atoms with Crippen LogP contribution in [0.2, 0.25) is 0 Å². The minimum atomic E-state index is 0.669. The molecule has 0 aliphatic rings. The van der Waals surface area contributed by atoms with Crippen LogP contribution >= 0.6 is 0 Å². The number of hydrogen-bond acceptors (Lipinski definition) is 3. The average Bonchev–Trinajstić information content (AvgIpc) is 2.90. The van der Waals surface area contributed by atoms with E-state index in [2.05, 4.69) is 26.1 Å². The Morgan fingerprint density at radius 2 is 2.10 bits per heavy atom. The third-order valence-electron chi connectivity index (χ3n) is 3.70. The molecule has 3 heteroatoms. The van der Waals surface area contributed by atoms with Gasteiger partial charge in [0.05, 0.1) is 19.4 Å². The van der Waals surface area contributed by atoms with E-state index < -0.39 is 0 Å². The molecule has 1 rings (SSSR count). The fourth-order valence-electron chi connectivity index (χ4n) is 2.26. The van der Waals surface area contributed by atoms with Crippen LogP contribution in [0.25, 0.3) is 0 Å². The number of nitrogens with one attached hydrogen (secondary N) is 1. The van der Waals surface area contributed by atoms with Crippen LogP contribution in [0.1, 0.15) is 64.2 Å². The summed E-state index contributed by atoms with van der Waals surface area (Å²) >= 11 is 0. The van der Waals surface area contributed by atoms with Crippen LogP contribution in [-0.2, 0) is 17.9 Å². The molecule has 20 heavy (non-hydrogen) atoms. The first kappa shape index (κ1) is 17.3. The summed E-state index contributed by atoms with van der Waals surface area (Å²) in [5.41, 5.74) is 1.18. The molecule has 0 saturated heterocycles. The van der Waals surface area contributed by atoms with Gasteiger partial charge in [-0.1, -0.05) is 40.0 Å². The van der Waals surface area contributed by atoms with Crippen molar-refractivity contribution in [3.8, 4) is 0 Å². The van der Waals surface area contributed by atoms with E-state index >= 15 is 0 Å². The summed E-state index contributed by atoms with van der Waals surface area (Å²) in [6.45, 7) is 10.0. The Hall–Kier alpha value is -0.800. The van der Waals surface area contributed by atoms with Crippen molar-refractivity contribution in [1.82, 2.24) is 5.32 Å². The van der Waals surface area contributed by atoms with Crippen molar-refractivity contribution in [3.63, 3.8) is 0 Å². The molecule has 0 amide bonds. The summed E-state index contributed by atoms with van der Waals surface area (Å²) in [5, 5.41) is 3.37. The second kappa shape index (κ2) is 10.9. The lowest BCUT2D eigenvalue weighted by molar-refractivity contribution is 0.0810. The van der Waals surface area contributed by atoms with Gasteiger partial charge >= 0.3 is 0 Å². The van der Waals surface area contributed by atoms with Gasteiger partial charge in [-0.25, -0.2) is 0 Å². The Bertz CT molecular complexity index is 335. The molecule has 3 nitrogen and oxygen atoms in total. The standard InChI is InChI=1S/C17H31NO2/c1-4-7-8-15(6-3)13-19-14-16-9-11-20-17(16)12-18-10-5-2/h9,11,15,18H,4-8,10,12-14H2,1-3H3. The molecule has 1 N–H and O–H groups in total. The minimum Gasteiger partial charge on any atom is -0.468 e. The molecule has 0 aromatic carbocycles. The maximum Gasteiger partial charge on any atom is 0.123 e. The number of furan rings is 1. The van der Waals surface area contributed by atoms with Gasteiger partial charge in [-0.15, -0.1) is 0 Å². The Labute approximate surface area is 124 Å². The van der Waals surface area contributed by atoms with Gasteiger partial charge in [-0.3, -0.25) is 0 Å². The van der Waals surface area contributed by atoms with E-state index in [4.69, 9.17) is 9.15 Å². The fraction of sp³-hybridized carbons (Fsp3) is 0.765. The molecule has 1 heterocycles. The largest absolute Gasteiger partial charge is 0.468 e. The lowest BCUT2D eigenvalue weighted by Gasteiger charge is -2.14. The molecule has 0 aliphatic carbocycles. The van der Waals surface area contributed by atoms with Crippen molar-refractivity contribution in [2.75, 3.05) is 13.2 Å². The van der Waals surface area contributed by atoms with Gasteiger partial charge in [0.1, 0.15) is 5.76 Å². The van der Waals surface area contributed by atoms with Crippen LogP contribution in [-0.4, -0.2) is 13.2 Å². The van der Waals surface area contributed by atoms with Crippen molar-refractivity contribution in [1.29, 1.82) is 0 Å². The molecule has 0 saturated carbocycles. The van der Waals surface area contributed by atoms with Crippen LogP contribution in [0.5, 0.6) is 0 Å². The second-order valence-corrected chi connectivity index (χ2v) is 5.48. The van der Waals surface area contributed by atoms with Gasteiger partial charge in [0.25, 0.3) is 0 Å². The lowest BCUT2D eigenvalue weighted by Crippen LogP contribution is -2.15. The van der Waals surface area contributed by atoms with Crippen molar-refractivity contribution in [2.24, 2.45) is 5.92 Å². The summed E-state index contributed by atoms with van der Waals surface area (Å²) in [5.74, 6) is 1.71. The molecule has 0 spiro atoms. The van der Waals surface area contributed by atoms with Crippen LogP contribution in [0, 0.1) is 5.92 Å². The van der Waals surface area contributed by atoms with Crippen molar-refractivity contribution < 1.29 is 9.15 Å². The first-order valence-electron chi connectivity index (χ1n) is 8.15. The van der Waals surface area contributed by atoms with Gasteiger partial charge in [0.2, 0.25) is 0 Å². The molecule has 0 radical (unpaired) electrons. The minimum absolute atomic E-state index is 0.669. The maximum absolute atomic E-state index is 5.89. The highest BCUT2D eigenvalue weighted by Gasteiger charge is 2.09. The first-order chi connectivity index (χ1) is 9.81. The maximum atomic E-state index is 5.89. The normalized spacial score (nSPS) is 12.8. The third kappa shape index (κ3) is 6.58. The van der Waals surface area contributed by atoms with E-state index in [1.54, 1.807) is 6.26 Å². The zero-order chi connectivity index (χ0) is 14.6. The fourth-order valence-corrected chi connectivity index (χ4v) is 2.26. The van der Waals surface area contributed by atoms with Crippen LogP contribution in [0.3, 0.4) is 0 Å². The number of unbranched alkanes of at least 4 members (excludes halogenated alkanes) is 1. The topological polar surface area (TPSA) is 34.4 Å². The van der Waals surface area contributed by atoms with Crippen LogP contribution in [0.15, 0.2) is 16.7 Å². The van der Waals surface area contributed by atoms with E-state index in [-0.39, 0.29) is 0 Å². The van der Waals surface area contributed by atoms with Gasteiger partial charge in [0.15, 0.2) is 0 Å². The molecule has 1 aromatic rings. The third-order valence-corrected chi connectivity index (χ3v) is 3.70. The van der Waals surface area contributed by atoms with Crippen molar-refractivity contribution >= 4 is 0 Å². The summed E-state index contributed by atoms with van der Waals surface area (Å²) in [6, 6.07) is 2.02. The molecule has 0 bridgehead atoms. The van der Waals surface area contributed by atoms with Gasteiger partial charge in [0, 0.05) is 12.2 Å². The van der Waals surface area contributed by atoms with Crippen molar-refractivity contribution in [3.05, 3.63) is 23.7 Å². The Morgan fingerprint density at radius 1 is 1.25 bits per heavy atom. The first-order valence-corrected chi connectivity index (χ1v) is 8.15. The van der Waals surface area contributed by atoms with Crippen LogP contribution < -0.4 is 5.32 Å². The zero-order valence-corrected chi connectivity index (χ0v) is 13.4. The highest BCUT2D eigenvalue weighted by molar-refractivity contribution is 5.15. The molecule has 116 valence electrons. The predicted octanol–water partition coefficient (Wildman–Crippen LogP) is 4.51. The Morgan fingerprint density at radius 3 is 2.80 bits per heavy atom. The number of rotatable bonds is 12. The van der Waals surface area contributed by atoms with E-state index in [0.717, 1.165) is 31.9 Å². The molecule has 0 fully saturated rings. The molecule has 1 atom stereocenters. The zero-order valence-electron chi connectivity index (χ0n) is 13.4. The average molecular weight is 281 g/mol. The van der Waals surface area contributed by atoms with Crippen molar-refractivity contribution in [2.45, 2.75) is 66.0 Å². The molecule has 1 unspecified atom stereocenters. The SMILES string of the molecule is CCCCC(CC)COCc1ccoc1CNCCC. The van der Waals surface area contributed by atoms with E-state index in [1.807, 2.05) is 6.07 Å². The quantitative estimate of drug-likeness (QED) is 0.572. The number of ether oxygens (including phenoxy) is 1. The Kier molecular flexibility index (Phi) is 9.42. The summed E-state index contributed by atoms with van der Waals surface area (Å²) in [4.78, 5) is 0. The molecule has 1 aromatic heterocycles. The second-order valence-electron chi connectivity index (χ2n) is 5.48. The smallest absolute Gasteiger partial charge is 0.123 e. The van der Waals surface area contributed by atoms with Gasteiger partial charge < -0.3 is 14.5 Å². The summed E-state index contributed by atoms with van der Waals surface area (Å²) < 4.78 is 11.4. The van der Waals surface area contributed by atoms with Gasteiger partial charge in [-0.05, 0) is 31.4 Å². The molecule has 0 aliphatic heterocycles. The predicted molar refractivity (Wildman–Crippen MR) is 83.7 cm³/mol.